The minimum atomic E-state index is 0.395. The maximum Gasteiger partial charge on any atom is 0.221 e. The minimum absolute atomic E-state index is 0.395. The number of nitrogens with zero attached hydrogens (tertiary/aromatic N) is 3. The summed E-state index contributed by atoms with van der Waals surface area (Å²) in [5.41, 5.74) is 11.4. The van der Waals surface area contributed by atoms with E-state index in [1.807, 2.05) is 19.1 Å². The van der Waals surface area contributed by atoms with E-state index in [-0.39, 0.29) is 0 Å². The van der Waals surface area contributed by atoms with Crippen LogP contribution in [0.25, 0.3) is 11.1 Å². The number of nitrogens with two attached hydrogens (primary N) is 1. The Balaban J connectivity index is 1.77. The van der Waals surface area contributed by atoms with Gasteiger partial charge in [-0.05, 0) is 35.6 Å². The van der Waals surface area contributed by atoms with E-state index >= 15 is 0 Å². The van der Waals surface area contributed by atoms with Crippen LogP contribution < -0.4 is 5.73 Å². The van der Waals surface area contributed by atoms with E-state index in [4.69, 9.17) is 5.73 Å². The van der Waals surface area contributed by atoms with Crippen LogP contribution in [-0.2, 0) is 6.42 Å². The van der Waals surface area contributed by atoms with Gasteiger partial charge < -0.3 is 5.73 Å². The monoisotopic (exact) mass is 304 g/mol. The summed E-state index contributed by atoms with van der Waals surface area (Å²) in [6.45, 7) is 4.05. The van der Waals surface area contributed by atoms with Crippen LogP contribution in [0.4, 0.5) is 5.95 Å². The SMILES string of the molecule is CCc1ccc(-c2ccc(C=Nn3cc(C)nc3N)cc2)cc1. The molecule has 2 aromatic carbocycles. The highest BCUT2D eigenvalue weighted by atomic mass is 15.4. The van der Waals surface area contributed by atoms with E-state index < -0.39 is 0 Å². The Bertz CT molecular complexity index is 812. The molecular weight excluding hydrogens is 284 g/mol. The van der Waals surface area contributed by atoms with Crippen LogP contribution in [0.3, 0.4) is 0 Å². The Hall–Kier alpha value is -2.88. The Labute approximate surface area is 136 Å². The Morgan fingerprint density at radius 2 is 1.65 bits per heavy atom. The van der Waals surface area contributed by atoms with E-state index in [1.54, 1.807) is 17.1 Å². The summed E-state index contributed by atoms with van der Waals surface area (Å²) in [6.07, 6.45) is 4.64. The third-order valence-corrected chi connectivity index (χ3v) is 3.77. The molecule has 2 N–H and O–H groups in total. The van der Waals surface area contributed by atoms with Gasteiger partial charge in [0.05, 0.1) is 18.1 Å². The number of imidazole rings is 1. The van der Waals surface area contributed by atoms with Crippen LogP contribution in [-0.4, -0.2) is 15.9 Å². The molecule has 0 radical (unpaired) electrons. The Morgan fingerprint density at radius 1 is 1.04 bits per heavy atom. The van der Waals surface area contributed by atoms with Gasteiger partial charge in [-0.2, -0.15) is 5.10 Å². The van der Waals surface area contributed by atoms with E-state index in [0.29, 0.717) is 5.95 Å². The lowest BCUT2D eigenvalue weighted by Crippen LogP contribution is -1.96. The van der Waals surface area contributed by atoms with Crippen molar-refractivity contribution in [1.82, 2.24) is 9.66 Å². The number of hydrogen-bond donors (Lipinski definition) is 1. The molecule has 0 aliphatic rings. The first kappa shape index (κ1) is 15.0. The average molecular weight is 304 g/mol. The van der Waals surface area contributed by atoms with E-state index in [0.717, 1.165) is 17.7 Å². The Morgan fingerprint density at radius 3 is 2.17 bits per heavy atom. The van der Waals surface area contributed by atoms with Gasteiger partial charge in [-0.3, -0.25) is 0 Å². The van der Waals surface area contributed by atoms with Gasteiger partial charge in [0.15, 0.2) is 0 Å². The highest BCUT2D eigenvalue weighted by Crippen LogP contribution is 2.20. The summed E-state index contributed by atoms with van der Waals surface area (Å²) in [4.78, 5) is 4.12. The lowest BCUT2D eigenvalue weighted by Gasteiger charge is -2.04. The molecule has 23 heavy (non-hydrogen) atoms. The molecule has 0 spiro atoms. The first-order valence-corrected chi connectivity index (χ1v) is 7.71. The molecule has 0 bridgehead atoms. The zero-order chi connectivity index (χ0) is 16.2. The molecule has 0 fully saturated rings. The largest absolute Gasteiger partial charge is 0.368 e. The summed E-state index contributed by atoms with van der Waals surface area (Å²) in [7, 11) is 0. The molecule has 0 amide bonds. The predicted octanol–water partition coefficient (Wildman–Crippen LogP) is 3.89. The van der Waals surface area contributed by atoms with Crippen LogP contribution in [0, 0.1) is 6.92 Å². The molecule has 1 aromatic heterocycles. The zero-order valence-corrected chi connectivity index (χ0v) is 13.4. The van der Waals surface area contributed by atoms with Gasteiger partial charge in [0.1, 0.15) is 0 Å². The molecule has 0 saturated carbocycles. The summed E-state index contributed by atoms with van der Waals surface area (Å²) in [5, 5.41) is 4.33. The van der Waals surface area contributed by atoms with Gasteiger partial charge in [-0.1, -0.05) is 55.5 Å². The van der Waals surface area contributed by atoms with Gasteiger partial charge in [-0.25, -0.2) is 9.66 Å². The van der Waals surface area contributed by atoms with Crippen molar-refractivity contribution in [2.24, 2.45) is 5.10 Å². The molecule has 3 rings (SSSR count). The van der Waals surface area contributed by atoms with Gasteiger partial charge in [0, 0.05) is 0 Å². The van der Waals surface area contributed by atoms with Crippen molar-refractivity contribution in [3.63, 3.8) is 0 Å². The normalized spacial score (nSPS) is 11.2. The molecule has 0 atom stereocenters. The van der Waals surface area contributed by atoms with Crippen LogP contribution in [0.2, 0.25) is 0 Å². The fourth-order valence-electron chi connectivity index (χ4n) is 2.42. The maximum atomic E-state index is 5.77. The highest BCUT2D eigenvalue weighted by Gasteiger charge is 2.00. The second-order valence-electron chi connectivity index (χ2n) is 5.50. The third kappa shape index (κ3) is 3.48. The summed E-state index contributed by atoms with van der Waals surface area (Å²) < 4.78 is 1.58. The lowest BCUT2D eigenvalue weighted by molar-refractivity contribution is 0.897. The van der Waals surface area contributed by atoms with Gasteiger partial charge in [-0.15, -0.1) is 0 Å². The van der Waals surface area contributed by atoms with E-state index in [2.05, 4.69) is 53.4 Å². The van der Waals surface area contributed by atoms with Crippen LogP contribution in [0.5, 0.6) is 0 Å². The standard InChI is InChI=1S/C19H20N4/c1-3-15-4-8-17(9-5-15)18-10-6-16(7-11-18)12-21-23-13-14(2)22-19(23)20/h4-13H,3H2,1-2H3,(H2,20,22). The van der Waals surface area contributed by atoms with Crippen molar-refractivity contribution in [3.05, 3.63) is 71.5 Å². The number of anilines is 1. The third-order valence-electron chi connectivity index (χ3n) is 3.77. The quantitative estimate of drug-likeness (QED) is 0.744. The molecule has 4 nitrogen and oxygen atoms in total. The first-order valence-electron chi connectivity index (χ1n) is 7.71. The number of aryl methyl sites for hydroxylation is 2. The number of aromatic nitrogens is 2. The first-order chi connectivity index (χ1) is 11.2. The molecular formula is C19H20N4. The Kier molecular flexibility index (Phi) is 4.24. The molecule has 1 heterocycles. The van der Waals surface area contributed by atoms with E-state index in [1.165, 1.54) is 16.7 Å². The van der Waals surface area contributed by atoms with Crippen molar-refractivity contribution >= 4 is 12.2 Å². The number of benzene rings is 2. The minimum Gasteiger partial charge on any atom is -0.368 e. The molecule has 3 aromatic rings. The van der Waals surface area contributed by atoms with Crippen molar-refractivity contribution < 1.29 is 0 Å². The molecule has 116 valence electrons. The molecule has 0 saturated heterocycles. The summed E-state index contributed by atoms with van der Waals surface area (Å²) >= 11 is 0. The predicted molar refractivity (Wildman–Crippen MR) is 95.6 cm³/mol. The maximum absolute atomic E-state index is 5.77. The van der Waals surface area contributed by atoms with Crippen LogP contribution in [0.1, 0.15) is 23.7 Å². The fraction of sp³-hybridized carbons (Fsp3) is 0.158. The molecule has 0 aliphatic carbocycles. The highest BCUT2D eigenvalue weighted by molar-refractivity contribution is 5.81. The van der Waals surface area contributed by atoms with Crippen LogP contribution >= 0.6 is 0 Å². The summed E-state index contributed by atoms with van der Waals surface area (Å²) in [5.74, 6) is 0.395. The zero-order valence-electron chi connectivity index (χ0n) is 13.4. The molecule has 0 aliphatic heterocycles. The number of rotatable bonds is 4. The van der Waals surface area contributed by atoms with Gasteiger partial charge >= 0.3 is 0 Å². The average Bonchev–Trinajstić information content (AvgIpc) is 2.91. The molecule has 4 heteroatoms. The second kappa shape index (κ2) is 6.48. The topological polar surface area (TPSA) is 56.2 Å². The van der Waals surface area contributed by atoms with Crippen molar-refractivity contribution in [2.75, 3.05) is 5.73 Å². The van der Waals surface area contributed by atoms with Crippen molar-refractivity contribution in [1.29, 1.82) is 0 Å². The van der Waals surface area contributed by atoms with Gasteiger partial charge in [0.25, 0.3) is 0 Å². The smallest absolute Gasteiger partial charge is 0.221 e. The lowest BCUT2D eigenvalue weighted by atomic mass is 10.0. The van der Waals surface area contributed by atoms with Crippen molar-refractivity contribution in [3.8, 4) is 11.1 Å². The summed E-state index contributed by atoms with van der Waals surface area (Å²) in [6, 6.07) is 17.0. The number of nitrogen functional groups attached to an aromatic ring is 1. The van der Waals surface area contributed by atoms with Crippen molar-refractivity contribution in [2.45, 2.75) is 20.3 Å². The molecule has 0 unspecified atom stereocenters. The van der Waals surface area contributed by atoms with Crippen LogP contribution in [0.15, 0.2) is 59.8 Å². The van der Waals surface area contributed by atoms with Gasteiger partial charge in [0.2, 0.25) is 5.95 Å². The van der Waals surface area contributed by atoms with E-state index in [9.17, 15) is 0 Å². The second-order valence-corrected chi connectivity index (χ2v) is 5.50. The fourth-order valence-corrected chi connectivity index (χ4v) is 2.42. The number of hydrogen-bond acceptors (Lipinski definition) is 3.